The lowest BCUT2D eigenvalue weighted by atomic mass is 10.1. The Morgan fingerprint density at radius 1 is 0.486 bits per heavy atom. The van der Waals surface area contributed by atoms with Gasteiger partial charge in [-0.3, -0.25) is 9.59 Å². The molecular formula is C31H28N2O2. The van der Waals surface area contributed by atoms with Gasteiger partial charge in [0.05, 0.1) is 0 Å². The third kappa shape index (κ3) is 10.2. The first kappa shape index (κ1) is 24.9. The Morgan fingerprint density at radius 3 is 1.14 bits per heavy atom. The van der Waals surface area contributed by atoms with E-state index in [0.717, 1.165) is 17.8 Å². The lowest BCUT2D eigenvalue weighted by molar-refractivity contribution is -0.112. The average Bonchev–Trinajstić information content (AvgIpc) is 2.89. The molecule has 0 bridgehead atoms. The van der Waals surface area contributed by atoms with E-state index in [1.54, 1.807) is 24.3 Å². The fraction of sp³-hybridized carbons (Fsp3) is 0.0323. The number of carbonyl (C=O) groups excluding carboxylic acids is 2. The minimum absolute atomic E-state index is 0.251. The van der Waals surface area contributed by atoms with Crippen molar-refractivity contribution in [2.75, 3.05) is 10.6 Å². The van der Waals surface area contributed by atoms with E-state index in [-0.39, 0.29) is 11.8 Å². The summed E-state index contributed by atoms with van der Waals surface area (Å²) in [6.45, 7) is 0. The van der Waals surface area contributed by atoms with Gasteiger partial charge >= 0.3 is 0 Å². The Bertz CT molecular complexity index is 1120. The van der Waals surface area contributed by atoms with Crippen molar-refractivity contribution in [1.82, 2.24) is 0 Å². The highest BCUT2D eigenvalue weighted by Gasteiger charge is 1.97. The molecule has 174 valence electrons. The molecule has 4 aromatic carbocycles. The number of allylic oxidation sites excluding steroid dienone is 2. The van der Waals surface area contributed by atoms with Crippen LogP contribution < -0.4 is 10.6 Å². The van der Waals surface area contributed by atoms with Gasteiger partial charge in [-0.05, 0) is 41.8 Å². The molecule has 0 radical (unpaired) electrons. The summed E-state index contributed by atoms with van der Waals surface area (Å²) in [4.78, 5) is 23.2. The fourth-order valence-electron chi connectivity index (χ4n) is 3.12. The van der Waals surface area contributed by atoms with Gasteiger partial charge in [0.15, 0.2) is 0 Å². The lowest BCUT2D eigenvalue weighted by Crippen LogP contribution is -2.08. The molecule has 2 amide bonds. The first-order valence-electron chi connectivity index (χ1n) is 11.3. The summed E-state index contributed by atoms with van der Waals surface area (Å²) in [6, 6.07) is 39.4. The maximum atomic E-state index is 11.6. The molecular weight excluding hydrogens is 432 g/mol. The zero-order chi connectivity index (χ0) is 24.6. The molecule has 0 aliphatic heterocycles. The van der Waals surface area contributed by atoms with Gasteiger partial charge < -0.3 is 10.6 Å². The zero-order valence-corrected chi connectivity index (χ0v) is 19.4. The van der Waals surface area contributed by atoms with Crippen LogP contribution in [0.15, 0.2) is 146 Å². The van der Waals surface area contributed by atoms with Crippen molar-refractivity contribution in [2.24, 2.45) is 0 Å². The van der Waals surface area contributed by atoms with Crippen LogP contribution in [-0.4, -0.2) is 11.8 Å². The molecule has 4 heteroatoms. The highest BCUT2D eigenvalue weighted by Crippen LogP contribution is 2.08. The van der Waals surface area contributed by atoms with E-state index in [0.29, 0.717) is 0 Å². The summed E-state index contributed by atoms with van der Waals surface area (Å²) in [7, 11) is 0. The summed E-state index contributed by atoms with van der Waals surface area (Å²) >= 11 is 0. The fourth-order valence-corrected chi connectivity index (χ4v) is 3.12. The SMILES string of the molecule is O=C(/C=C/C=C/C(=O)Nc1ccccc1)Nc1ccccc1.c1ccc(Cc2ccccc2)cc1. The highest BCUT2D eigenvalue weighted by molar-refractivity contribution is 6.01. The van der Waals surface area contributed by atoms with E-state index in [9.17, 15) is 9.59 Å². The molecule has 0 aromatic heterocycles. The van der Waals surface area contributed by atoms with Crippen molar-refractivity contribution in [3.05, 3.63) is 157 Å². The Labute approximate surface area is 206 Å². The molecule has 0 aliphatic carbocycles. The molecule has 4 nitrogen and oxygen atoms in total. The number of hydrogen-bond acceptors (Lipinski definition) is 2. The minimum Gasteiger partial charge on any atom is -0.323 e. The van der Waals surface area contributed by atoms with Crippen LogP contribution in [0.1, 0.15) is 11.1 Å². The van der Waals surface area contributed by atoms with Crippen LogP contribution in [0.5, 0.6) is 0 Å². The second kappa shape index (κ2) is 14.4. The van der Waals surface area contributed by atoms with E-state index in [1.807, 2.05) is 36.4 Å². The van der Waals surface area contributed by atoms with Crippen molar-refractivity contribution < 1.29 is 9.59 Å². The van der Waals surface area contributed by atoms with Crippen LogP contribution in [0.25, 0.3) is 0 Å². The number of anilines is 2. The minimum atomic E-state index is -0.251. The largest absolute Gasteiger partial charge is 0.323 e. The molecule has 0 saturated carbocycles. The molecule has 0 fully saturated rings. The smallest absolute Gasteiger partial charge is 0.248 e. The van der Waals surface area contributed by atoms with Gasteiger partial charge in [0.1, 0.15) is 0 Å². The molecule has 4 aromatic rings. The second-order valence-electron chi connectivity index (χ2n) is 7.58. The monoisotopic (exact) mass is 460 g/mol. The number of para-hydroxylation sites is 2. The van der Waals surface area contributed by atoms with Gasteiger partial charge in [-0.2, -0.15) is 0 Å². The molecule has 0 unspecified atom stereocenters. The number of amides is 2. The number of benzene rings is 4. The van der Waals surface area contributed by atoms with Crippen LogP contribution in [0.2, 0.25) is 0 Å². The van der Waals surface area contributed by atoms with E-state index in [4.69, 9.17) is 0 Å². The Hall–Kier alpha value is -4.70. The van der Waals surface area contributed by atoms with Crippen molar-refractivity contribution >= 4 is 23.2 Å². The van der Waals surface area contributed by atoms with Gasteiger partial charge in [-0.15, -0.1) is 0 Å². The quantitative estimate of drug-likeness (QED) is 0.239. The van der Waals surface area contributed by atoms with E-state index < -0.39 is 0 Å². The van der Waals surface area contributed by atoms with Gasteiger partial charge in [0, 0.05) is 23.5 Å². The van der Waals surface area contributed by atoms with Crippen molar-refractivity contribution in [3.8, 4) is 0 Å². The predicted octanol–water partition coefficient (Wildman–Crippen LogP) is 6.65. The van der Waals surface area contributed by atoms with Crippen molar-refractivity contribution in [1.29, 1.82) is 0 Å². The maximum Gasteiger partial charge on any atom is 0.248 e. The third-order valence-electron chi connectivity index (χ3n) is 4.78. The summed E-state index contributed by atoms with van der Waals surface area (Å²) in [5, 5.41) is 5.42. The molecule has 0 aliphatic rings. The van der Waals surface area contributed by atoms with Crippen LogP contribution in [0.4, 0.5) is 11.4 Å². The zero-order valence-electron chi connectivity index (χ0n) is 19.4. The lowest BCUT2D eigenvalue weighted by Gasteiger charge is -2.00. The molecule has 2 N–H and O–H groups in total. The summed E-state index contributed by atoms with van der Waals surface area (Å²) in [6.07, 6.45) is 6.78. The number of hydrogen-bond donors (Lipinski definition) is 2. The highest BCUT2D eigenvalue weighted by atomic mass is 16.2. The van der Waals surface area contributed by atoms with Gasteiger partial charge in [-0.1, -0.05) is 109 Å². The van der Waals surface area contributed by atoms with E-state index >= 15 is 0 Å². The topological polar surface area (TPSA) is 58.2 Å². The number of rotatable bonds is 7. The molecule has 4 rings (SSSR count). The second-order valence-corrected chi connectivity index (χ2v) is 7.58. The summed E-state index contributed by atoms with van der Waals surface area (Å²) in [5.74, 6) is -0.501. The average molecular weight is 461 g/mol. The molecule has 35 heavy (non-hydrogen) atoms. The maximum absolute atomic E-state index is 11.6. The molecule has 0 saturated heterocycles. The Morgan fingerprint density at radius 2 is 0.800 bits per heavy atom. The number of nitrogens with one attached hydrogen (secondary N) is 2. The van der Waals surface area contributed by atoms with Crippen LogP contribution in [0, 0.1) is 0 Å². The number of carbonyl (C=O) groups is 2. The Balaban J connectivity index is 0.000000223. The first-order chi connectivity index (χ1) is 17.2. The normalized spacial score (nSPS) is 10.4. The first-order valence-corrected chi connectivity index (χ1v) is 11.3. The van der Waals surface area contributed by atoms with Gasteiger partial charge in [0.25, 0.3) is 0 Å². The predicted molar refractivity (Wildman–Crippen MR) is 144 cm³/mol. The molecule has 0 heterocycles. The standard InChI is InChI=1S/C18H16N2O2.C13H12/c21-17(19-15-9-3-1-4-10-15)13-7-8-14-18(22)20-16-11-5-2-6-12-16;1-3-7-12(8-4-1)11-13-9-5-2-6-10-13/h1-14H,(H,19,21)(H,20,22);1-10H,11H2/b13-7+,14-8+;. The molecule has 0 atom stereocenters. The Kier molecular flexibility index (Phi) is 10.3. The van der Waals surface area contributed by atoms with Gasteiger partial charge in [0.2, 0.25) is 11.8 Å². The summed E-state index contributed by atoms with van der Waals surface area (Å²) < 4.78 is 0. The van der Waals surface area contributed by atoms with Crippen LogP contribution in [0.3, 0.4) is 0 Å². The third-order valence-corrected chi connectivity index (χ3v) is 4.78. The van der Waals surface area contributed by atoms with E-state index in [1.165, 1.54) is 35.4 Å². The summed E-state index contributed by atoms with van der Waals surface area (Å²) in [5.41, 5.74) is 4.19. The van der Waals surface area contributed by atoms with Crippen LogP contribution in [-0.2, 0) is 16.0 Å². The molecule has 0 spiro atoms. The van der Waals surface area contributed by atoms with Gasteiger partial charge in [-0.25, -0.2) is 0 Å². The van der Waals surface area contributed by atoms with E-state index in [2.05, 4.69) is 71.3 Å². The van der Waals surface area contributed by atoms with Crippen LogP contribution >= 0.6 is 0 Å². The van der Waals surface area contributed by atoms with Crippen molar-refractivity contribution in [2.45, 2.75) is 6.42 Å². The van der Waals surface area contributed by atoms with Crippen molar-refractivity contribution in [3.63, 3.8) is 0 Å².